The first kappa shape index (κ1) is 42.1. The van der Waals surface area contributed by atoms with Crippen molar-refractivity contribution in [3.05, 3.63) is 85.5 Å². The van der Waals surface area contributed by atoms with Crippen LogP contribution in [0.1, 0.15) is 57.6 Å². The molecule has 2 bridgehead atoms. The number of allylic oxidation sites excluding steroid dienone is 1. The first-order valence-electron chi connectivity index (χ1n) is 19.3. The van der Waals surface area contributed by atoms with Crippen LogP contribution in [0.5, 0.6) is 0 Å². The average molecular weight is 824 g/mol. The molecule has 298 valence electrons. The first-order valence-corrected chi connectivity index (χ1v) is 20.2. The molecule has 1 unspecified atom stereocenters. The van der Waals surface area contributed by atoms with Crippen molar-refractivity contribution in [3.63, 3.8) is 0 Å². The molecule has 12 nitrogen and oxygen atoms in total. The number of alkyl halides is 1. The van der Waals surface area contributed by atoms with Gasteiger partial charge in [-0.25, -0.2) is 0 Å². The number of aliphatic hydroxyl groups excluding tert-OH is 1. The molecule has 3 aliphatic rings. The summed E-state index contributed by atoms with van der Waals surface area (Å²) in [5, 5.41) is 12.6. The number of nitrogens with zero attached hydrogens (tertiary/aromatic N) is 3. The normalized spacial score (nSPS) is 24.9. The van der Waals surface area contributed by atoms with Gasteiger partial charge in [0.05, 0.1) is 30.6 Å². The largest absolute Gasteiger partial charge is 0.455 e. The fourth-order valence-corrected chi connectivity index (χ4v) is 9.41. The summed E-state index contributed by atoms with van der Waals surface area (Å²) < 4.78 is 18.6. The van der Waals surface area contributed by atoms with Crippen LogP contribution in [0.3, 0.4) is 0 Å². The summed E-state index contributed by atoms with van der Waals surface area (Å²) in [5.74, 6) is -3.66. The van der Waals surface area contributed by atoms with Gasteiger partial charge in [-0.15, -0.1) is 13.2 Å². The summed E-state index contributed by atoms with van der Waals surface area (Å²) in [6.45, 7) is 13.8. The summed E-state index contributed by atoms with van der Waals surface area (Å²) in [6.07, 6.45) is 3.47. The quantitative estimate of drug-likeness (QED) is 0.0776. The number of unbranched alkanes of at least 4 members (excludes halogenated alkanes) is 1. The summed E-state index contributed by atoms with van der Waals surface area (Å²) >= 11 is 3.76. The molecule has 3 heterocycles. The molecule has 8 atom stereocenters. The Kier molecular flexibility index (Phi) is 14.7. The fraction of sp³-hybridized carbons (Fsp3) is 0.524. The zero-order valence-corrected chi connectivity index (χ0v) is 33.7. The topological polar surface area (TPSA) is 138 Å². The second kappa shape index (κ2) is 19.2. The van der Waals surface area contributed by atoms with E-state index in [2.05, 4.69) is 53.2 Å². The van der Waals surface area contributed by atoms with Gasteiger partial charge in [0.15, 0.2) is 0 Å². The maximum Gasteiger partial charge on any atom is 0.313 e. The summed E-state index contributed by atoms with van der Waals surface area (Å²) in [5.41, 5.74) is 0.981. The minimum Gasteiger partial charge on any atom is -0.455 e. The van der Waals surface area contributed by atoms with Crippen molar-refractivity contribution in [2.24, 2.45) is 11.8 Å². The third-order valence-corrected chi connectivity index (χ3v) is 11.8. The number of nitrogens with one attached hydrogen (secondary N) is 1. The van der Waals surface area contributed by atoms with E-state index < -0.39 is 47.7 Å². The number of esters is 1. The van der Waals surface area contributed by atoms with Gasteiger partial charge >= 0.3 is 5.97 Å². The van der Waals surface area contributed by atoms with Crippen LogP contribution in [0.25, 0.3) is 0 Å². The van der Waals surface area contributed by atoms with Crippen molar-refractivity contribution >= 4 is 51.0 Å². The van der Waals surface area contributed by atoms with Crippen LogP contribution in [0, 0.1) is 11.8 Å². The average Bonchev–Trinajstić information content (AvgIpc) is 3.79. The Balaban J connectivity index is 1.51. The number of carbonyl (C=O) groups excluding carboxylic acids is 4. The number of ether oxygens (including phenoxy) is 3. The molecular weight excluding hydrogens is 768 g/mol. The highest BCUT2D eigenvalue weighted by Gasteiger charge is 2.77. The molecule has 0 saturated carbocycles. The molecule has 2 aromatic rings. The monoisotopic (exact) mass is 822 g/mol. The number of halogens is 1. The van der Waals surface area contributed by atoms with E-state index in [1.165, 1.54) is 7.11 Å². The van der Waals surface area contributed by atoms with E-state index in [1.54, 1.807) is 22.0 Å². The van der Waals surface area contributed by atoms with Crippen LogP contribution in [-0.4, -0.2) is 109 Å². The van der Waals surface area contributed by atoms with Crippen LogP contribution in [0.15, 0.2) is 79.9 Å². The number of anilines is 2. The molecule has 3 amide bonds. The predicted molar refractivity (Wildman–Crippen MR) is 215 cm³/mol. The highest BCUT2D eigenvalue weighted by Crippen LogP contribution is 2.60. The van der Waals surface area contributed by atoms with E-state index >= 15 is 4.79 Å². The number of benzene rings is 2. The lowest BCUT2D eigenvalue weighted by atomic mass is 9.70. The van der Waals surface area contributed by atoms with Gasteiger partial charge in [0.25, 0.3) is 5.91 Å². The number of rotatable bonds is 21. The Morgan fingerprint density at radius 3 is 2.38 bits per heavy atom. The van der Waals surface area contributed by atoms with Crippen molar-refractivity contribution in [3.8, 4) is 0 Å². The van der Waals surface area contributed by atoms with Gasteiger partial charge in [0.2, 0.25) is 11.8 Å². The third-order valence-electron chi connectivity index (χ3n) is 11.0. The van der Waals surface area contributed by atoms with Crippen molar-refractivity contribution in [2.45, 2.75) is 80.7 Å². The minimum atomic E-state index is -1.33. The lowest BCUT2D eigenvalue weighted by molar-refractivity contribution is -0.163. The molecule has 13 heteroatoms. The van der Waals surface area contributed by atoms with Crippen LogP contribution >= 0.6 is 15.9 Å². The van der Waals surface area contributed by atoms with Crippen molar-refractivity contribution < 1.29 is 38.5 Å². The van der Waals surface area contributed by atoms with Crippen molar-refractivity contribution in [1.29, 1.82) is 0 Å². The Morgan fingerprint density at radius 1 is 1.07 bits per heavy atom. The zero-order valence-electron chi connectivity index (χ0n) is 32.1. The Hall–Kier alpha value is -4.04. The number of hydrogen-bond acceptors (Lipinski definition) is 9. The summed E-state index contributed by atoms with van der Waals surface area (Å²) in [6, 6.07) is 15.0. The second-order valence-electron chi connectivity index (χ2n) is 14.3. The molecule has 55 heavy (non-hydrogen) atoms. The van der Waals surface area contributed by atoms with E-state index in [1.807, 2.05) is 54.6 Å². The first-order chi connectivity index (χ1) is 26.6. The third kappa shape index (κ3) is 8.70. The van der Waals surface area contributed by atoms with Crippen LogP contribution in [0.2, 0.25) is 0 Å². The molecule has 1 spiro atoms. The molecule has 5 rings (SSSR count). The standard InChI is InChI=1S/C42H55BrN4O8/c1-6-10-18-33(49)44-32(27-53-5)36(28-16-12-11-13-17-28)54-41(52)34-35-39(50)47(24-14-15-25-48)38(42(35)26-31(43)37(34)55-42)40(51)46(23-7-2)30-21-19-29(20-22-30)45(8-3)9-4/h6-7,11-13,16-17,19-22,31-32,34-38,48H,1-2,8-10,14-15,18,23-27H2,3-5H3,(H,44,49)/t31?,32-,34+,35-,36-,37+,38+,42-/m0/s1. The number of hydrogen-bond donors (Lipinski definition) is 2. The van der Waals surface area contributed by atoms with E-state index in [0.29, 0.717) is 36.9 Å². The van der Waals surface area contributed by atoms with Gasteiger partial charge in [-0.3, -0.25) is 19.2 Å². The number of fused-ring (bicyclic) bond motifs is 1. The SMILES string of the molecule is C=CCCC(=O)N[C@@H](COC)[C@@H](OC(=O)[C@H]1[C@@H]2O[C@@]3(CC2Br)[C@@H]1C(=O)N(CCCCO)[C@@H]3C(=O)N(CC=C)c1ccc(N(CC)CC)cc1)c1ccccc1. The van der Waals surface area contributed by atoms with Gasteiger partial charge in [-0.1, -0.05) is 58.4 Å². The molecule has 0 aromatic heterocycles. The summed E-state index contributed by atoms with van der Waals surface area (Å²) in [7, 11) is 1.50. The number of aliphatic hydroxyl groups is 1. The van der Waals surface area contributed by atoms with Gasteiger partial charge in [-0.05, 0) is 69.4 Å². The molecule has 2 aromatic carbocycles. The molecule has 3 saturated heterocycles. The zero-order chi connectivity index (χ0) is 39.7. The lowest BCUT2D eigenvalue weighted by Gasteiger charge is -2.37. The van der Waals surface area contributed by atoms with E-state index in [9.17, 15) is 19.5 Å². The summed E-state index contributed by atoms with van der Waals surface area (Å²) in [4.78, 5) is 62.3. The molecule has 3 aliphatic heterocycles. The molecule has 3 fully saturated rings. The van der Waals surface area contributed by atoms with E-state index in [-0.39, 0.29) is 55.3 Å². The second-order valence-corrected chi connectivity index (χ2v) is 15.5. The lowest BCUT2D eigenvalue weighted by Crippen LogP contribution is -2.57. The molecule has 0 radical (unpaired) electrons. The molecular formula is C42H55BrN4O8. The molecule has 0 aliphatic carbocycles. The number of carbonyl (C=O) groups is 4. The number of likely N-dealkylation sites (tertiary alicyclic amines) is 1. The molecule has 2 N–H and O–H groups in total. The van der Waals surface area contributed by atoms with E-state index in [4.69, 9.17) is 14.2 Å². The van der Waals surface area contributed by atoms with Gasteiger partial charge in [0.1, 0.15) is 17.7 Å². The van der Waals surface area contributed by atoms with Crippen molar-refractivity contribution in [1.82, 2.24) is 10.2 Å². The van der Waals surface area contributed by atoms with Gasteiger partial charge in [0, 0.05) is 62.5 Å². The van der Waals surface area contributed by atoms with E-state index in [0.717, 1.165) is 18.8 Å². The minimum absolute atomic E-state index is 0.0505. The van der Waals surface area contributed by atoms with Gasteiger partial charge < -0.3 is 39.3 Å². The van der Waals surface area contributed by atoms with Crippen LogP contribution < -0.4 is 15.1 Å². The Morgan fingerprint density at radius 2 is 1.76 bits per heavy atom. The number of amides is 3. The Labute approximate surface area is 333 Å². The maximum absolute atomic E-state index is 15.0. The van der Waals surface area contributed by atoms with Gasteiger partial charge in [-0.2, -0.15) is 0 Å². The van der Waals surface area contributed by atoms with Crippen LogP contribution in [0.4, 0.5) is 11.4 Å². The predicted octanol–water partition coefficient (Wildman–Crippen LogP) is 4.95. The smallest absolute Gasteiger partial charge is 0.313 e. The maximum atomic E-state index is 15.0. The van der Waals surface area contributed by atoms with Crippen LogP contribution in [-0.2, 0) is 33.4 Å². The number of methoxy groups -OCH3 is 1. The van der Waals surface area contributed by atoms with Crippen molar-refractivity contribution in [2.75, 3.05) is 56.3 Å². The fourth-order valence-electron chi connectivity index (χ4n) is 8.47. The Bertz CT molecular complexity index is 1660. The highest BCUT2D eigenvalue weighted by molar-refractivity contribution is 9.09. The highest BCUT2D eigenvalue weighted by atomic mass is 79.9.